The molecule has 1 rings (SSSR count). The van der Waals surface area contributed by atoms with Crippen molar-refractivity contribution in [2.75, 3.05) is 27.2 Å². The first kappa shape index (κ1) is 11.5. The Kier molecular flexibility index (Phi) is 3.20. The van der Waals surface area contributed by atoms with Gasteiger partial charge in [-0.15, -0.1) is 0 Å². The van der Waals surface area contributed by atoms with Gasteiger partial charge in [-0.3, -0.25) is 9.69 Å². The van der Waals surface area contributed by atoms with E-state index in [0.29, 0.717) is 5.92 Å². The van der Waals surface area contributed by atoms with Crippen LogP contribution in [0.15, 0.2) is 0 Å². The second-order valence-electron chi connectivity index (χ2n) is 5.02. The van der Waals surface area contributed by atoms with Gasteiger partial charge < -0.3 is 4.90 Å². The molecule has 0 aliphatic carbocycles. The lowest BCUT2D eigenvalue weighted by Gasteiger charge is -2.45. The van der Waals surface area contributed by atoms with Gasteiger partial charge in [-0.1, -0.05) is 13.8 Å². The van der Waals surface area contributed by atoms with Crippen molar-refractivity contribution in [3.8, 4) is 0 Å². The quantitative estimate of drug-likeness (QED) is 0.665. The Labute approximate surface area is 87.1 Å². The van der Waals surface area contributed by atoms with Crippen LogP contribution in [0.5, 0.6) is 0 Å². The molecular formula is C11H22N2O. The summed E-state index contributed by atoms with van der Waals surface area (Å²) in [5.41, 5.74) is -0.291. The number of rotatable bonds is 2. The fourth-order valence-electron chi connectivity index (χ4n) is 2.26. The smallest absolute Gasteiger partial charge is 0.242 e. The van der Waals surface area contributed by atoms with E-state index < -0.39 is 0 Å². The third kappa shape index (κ3) is 1.92. The van der Waals surface area contributed by atoms with E-state index in [0.717, 1.165) is 19.5 Å². The summed E-state index contributed by atoms with van der Waals surface area (Å²) in [7, 11) is 3.95. The summed E-state index contributed by atoms with van der Waals surface area (Å²) in [5.74, 6) is 0.817. The van der Waals surface area contributed by atoms with Crippen molar-refractivity contribution in [3.05, 3.63) is 0 Å². The van der Waals surface area contributed by atoms with Crippen LogP contribution < -0.4 is 0 Å². The third-order valence-electron chi connectivity index (χ3n) is 3.23. The molecule has 14 heavy (non-hydrogen) atoms. The van der Waals surface area contributed by atoms with Gasteiger partial charge in [0.2, 0.25) is 5.91 Å². The number of hydrogen-bond donors (Lipinski definition) is 0. The molecule has 0 radical (unpaired) electrons. The fraction of sp³-hybridized carbons (Fsp3) is 0.909. The SMILES string of the molecule is CC(C)CC1(C)C(=O)N(C)CCN1C. The molecule has 1 aliphatic rings. The van der Waals surface area contributed by atoms with E-state index in [9.17, 15) is 4.79 Å². The van der Waals surface area contributed by atoms with Crippen LogP contribution in [0.2, 0.25) is 0 Å². The summed E-state index contributed by atoms with van der Waals surface area (Å²) >= 11 is 0. The first-order chi connectivity index (χ1) is 6.38. The molecule has 1 saturated heterocycles. The lowest BCUT2D eigenvalue weighted by Crippen LogP contribution is -2.62. The molecule has 82 valence electrons. The average molecular weight is 198 g/mol. The molecule has 0 saturated carbocycles. The van der Waals surface area contributed by atoms with Gasteiger partial charge in [0.25, 0.3) is 0 Å². The van der Waals surface area contributed by atoms with E-state index in [2.05, 4.69) is 25.7 Å². The molecule has 3 heteroatoms. The van der Waals surface area contributed by atoms with Gasteiger partial charge in [0.1, 0.15) is 0 Å². The van der Waals surface area contributed by atoms with E-state index in [1.54, 1.807) is 0 Å². The highest BCUT2D eigenvalue weighted by Crippen LogP contribution is 2.27. The van der Waals surface area contributed by atoms with E-state index in [1.165, 1.54) is 0 Å². The molecule has 1 atom stereocenters. The van der Waals surface area contributed by atoms with Gasteiger partial charge >= 0.3 is 0 Å². The zero-order valence-electron chi connectivity index (χ0n) is 10.0. The van der Waals surface area contributed by atoms with Gasteiger partial charge in [0.15, 0.2) is 0 Å². The molecule has 1 aliphatic heterocycles. The predicted molar refractivity (Wildman–Crippen MR) is 58.1 cm³/mol. The Morgan fingerprint density at radius 2 is 1.93 bits per heavy atom. The highest BCUT2D eigenvalue weighted by Gasteiger charge is 2.42. The minimum atomic E-state index is -0.291. The summed E-state index contributed by atoms with van der Waals surface area (Å²) in [6.45, 7) is 8.22. The Morgan fingerprint density at radius 1 is 1.36 bits per heavy atom. The number of hydrogen-bond acceptors (Lipinski definition) is 2. The lowest BCUT2D eigenvalue weighted by molar-refractivity contribution is -0.148. The average Bonchev–Trinajstić information content (AvgIpc) is 2.08. The Bertz CT molecular complexity index is 227. The van der Waals surface area contributed by atoms with Gasteiger partial charge in [-0.25, -0.2) is 0 Å². The van der Waals surface area contributed by atoms with Crippen molar-refractivity contribution in [1.82, 2.24) is 9.80 Å². The van der Waals surface area contributed by atoms with Crippen LogP contribution in [0.4, 0.5) is 0 Å². The van der Waals surface area contributed by atoms with Crippen LogP contribution in [0.3, 0.4) is 0 Å². The predicted octanol–water partition coefficient (Wildman–Crippen LogP) is 1.19. The first-order valence-electron chi connectivity index (χ1n) is 5.34. The van der Waals surface area contributed by atoms with Crippen molar-refractivity contribution in [2.45, 2.75) is 32.7 Å². The number of nitrogens with zero attached hydrogens (tertiary/aromatic N) is 2. The molecule has 1 amide bonds. The molecule has 0 aromatic carbocycles. The molecule has 1 unspecified atom stereocenters. The maximum absolute atomic E-state index is 12.1. The standard InChI is InChI=1S/C11H22N2O/c1-9(2)8-11(3)10(14)12(4)6-7-13(11)5/h9H,6-8H2,1-5H3. The number of amides is 1. The van der Waals surface area contributed by atoms with Crippen LogP contribution >= 0.6 is 0 Å². The zero-order valence-corrected chi connectivity index (χ0v) is 10.0. The highest BCUT2D eigenvalue weighted by atomic mass is 16.2. The molecule has 0 aromatic rings. The molecule has 1 heterocycles. The van der Waals surface area contributed by atoms with Crippen LogP contribution in [0.1, 0.15) is 27.2 Å². The Morgan fingerprint density at radius 3 is 2.43 bits per heavy atom. The Hall–Kier alpha value is -0.570. The first-order valence-corrected chi connectivity index (χ1v) is 5.34. The molecule has 1 fully saturated rings. The van der Waals surface area contributed by atoms with Crippen LogP contribution in [0.25, 0.3) is 0 Å². The second kappa shape index (κ2) is 3.89. The Balaban J connectivity index is 2.84. The molecule has 0 spiro atoms. The molecule has 0 bridgehead atoms. The van der Waals surface area contributed by atoms with Crippen molar-refractivity contribution in [1.29, 1.82) is 0 Å². The van der Waals surface area contributed by atoms with Crippen molar-refractivity contribution in [2.24, 2.45) is 5.92 Å². The maximum atomic E-state index is 12.1. The summed E-state index contributed by atoms with van der Waals surface area (Å²) in [6, 6.07) is 0. The minimum Gasteiger partial charge on any atom is -0.343 e. The fourth-order valence-corrected chi connectivity index (χ4v) is 2.26. The van der Waals surface area contributed by atoms with Crippen LogP contribution in [-0.4, -0.2) is 48.4 Å². The molecule has 0 N–H and O–H groups in total. The number of carbonyl (C=O) groups excluding carboxylic acids is 1. The van der Waals surface area contributed by atoms with Crippen molar-refractivity contribution < 1.29 is 4.79 Å². The van der Waals surface area contributed by atoms with Crippen molar-refractivity contribution in [3.63, 3.8) is 0 Å². The zero-order chi connectivity index (χ0) is 10.9. The van der Waals surface area contributed by atoms with E-state index in [4.69, 9.17) is 0 Å². The van der Waals surface area contributed by atoms with Gasteiger partial charge in [0, 0.05) is 20.1 Å². The van der Waals surface area contributed by atoms with Gasteiger partial charge in [-0.05, 0) is 26.3 Å². The number of likely N-dealkylation sites (N-methyl/N-ethyl adjacent to an activating group) is 2. The van der Waals surface area contributed by atoms with Crippen molar-refractivity contribution >= 4 is 5.91 Å². The third-order valence-corrected chi connectivity index (χ3v) is 3.23. The minimum absolute atomic E-state index is 0.264. The van der Waals surface area contributed by atoms with E-state index in [-0.39, 0.29) is 11.4 Å². The largest absolute Gasteiger partial charge is 0.343 e. The molecule has 3 nitrogen and oxygen atoms in total. The maximum Gasteiger partial charge on any atom is 0.242 e. The molecular weight excluding hydrogens is 176 g/mol. The number of carbonyl (C=O) groups is 1. The summed E-state index contributed by atoms with van der Waals surface area (Å²) in [6.07, 6.45) is 0.937. The van der Waals surface area contributed by atoms with Gasteiger partial charge in [0.05, 0.1) is 5.54 Å². The monoisotopic (exact) mass is 198 g/mol. The number of piperazine rings is 1. The topological polar surface area (TPSA) is 23.6 Å². The lowest BCUT2D eigenvalue weighted by atomic mass is 9.86. The normalized spacial score (nSPS) is 30.1. The van der Waals surface area contributed by atoms with E-state index in [1.807, 2.05) is 19.0 Å². The summed E-state index contributed by atoms with van der Waals surface area (Å²) in [5, 5.41) is 0. The van der Waals surface area contributed by atoms with Gasteiger partial charge in [-0.2, -0.15) is 0 Å². The summed E-state index contributed by atoms with van der Waals surface area (Å²) < 4.78 is 0. The van der Waals surface area contributed by atoms with E-state index >= 15 is 0 Å². The highest BCUT2D eigenvalue weighted by molar-refractivity contribution is 5.86. The van der Waals surface area contributed by atoms with Crippen LogP contribution in [0, 0.1) is 5.92 Å². The molecule has 0 aromatic heterocycles. The van der Waals surface area contributed by atoms with Crippen LogP contribution in [-0.2, 0) is 4.79 Å². The summed E-state index contributed by atoms with van der Waals surface area (Å²) in [4.78, 5) is 16.1. The second-order valence-corrected chi connectivity index (χ2v) is 5.02.